The van der Waals surface area contributed by atoms with E-state index in [1.54, 1.807) is 0 Å². The van der Waals surface area contributed by atoms with Crippen LogP contribution in [0.25, 0.3) is 0 Å². The number of hydrogen-bond donors (Lipinski definition) is 3. The molecule has 0 saturated heterocycles. The molecule has 0 aliphatic rings. The Morgan fingerprint density at radius 2 is 1.29 bits per heavy atom. The van der Waals surface area contributed by atoms with Crippen LogP contribution >= 0.6 is 20.2 Å². The summed E-state index contributed by atoms with van der Waals surface area (Å²) in [6.45, 7) is 0. The summed E-state index contributed by atoms with van der Waals surface area (Å²) in [6.07, 6.45) is 10.1. The lowest BCUT2D eigenvalue weighted by Crippen LogP contribution is -1.92. The molecule has 2 N–H and O–H groups in total. The minimum Gasteiger partial charge on any atom is -0.323 e. The standard InChI is InChI=1S/C11H25O4PS/c12-15-16(13,14)10-8-6-4-2-1-3-5-7-9-11-17/h12,17H,1-11H2,(H,13,14). The molecule has 0 rings (SSSR count). The third-order valence-corrected chi connectivity index (χ3v) is 4.18. The molecule has 0 aromatic carbocycles. The van der Waals surface area contributed by atoms with Gasteiger partial charge in [-0.3, -0.25) is 4.57 Å². The van der Waals surface area contributed by atoms with E-state index in [1.165, 1.54) is 38.5 Å². The van der Waals surface area contributed by atoms with Crippen LogP contribution in [-0.2, 0) is 9.24 Å². The highest BCUT2D eigenvalue weighted by Crippen LogP contribution is 2.41. The zero-order valence-corrected chi connectivity index (χ0v) is 12.2. The molecule has 0 amide bonds. The van der Waals surface area contributed by atoms with Crippen molar-refractivity contribution in [1.82, 2.24) is 0 Å². The Labute approximate surface area is 110 Å². The second-order valence-corrected chi connectivity index (χ2v) is 6.68. The van der Waals surface area contributed by atoms with Gasteiger partial charge in [-0.05, 0) is 18.6 Å². The van der Waals surface area contributed by atoms with Crippen LogP contribution in [0.15, 0.2) is 0 Å². The lowest BCUT2D eigenvalue weighted by Gasteiger charge is -2.06. The van der Waals surface area contributed by atoms with Gasteiger partial charge in [-0.15, -0.1) is 0 Å². The number of thiol groups is 1. The zero-order chi connectivity index (χ0) is 13.0. The van der Waals surface area contributed by atoms with Crippen LogP contribution in [-0.4, -0.2) is 22.1 Å². The maximum absolute atomic E-state index is 10.9. The number of hydrogen-bond acceptors (Lipinski definition) is 4. The van der Waals surface area contributed by atoms with Gasteiger partial charge in [-0.2, -0.15) is 17.3 Å². The lowest BCUT2D eigenvalue weighted by atomic mass is 10.1. The molecule has 0 radical (unpaired) electrons. The molecule has 0 fully saturated rings. The van der Waals surface area contributed by atoms with Crippen molar-refractivity contribution >= 4 is 20.2 Å². The summed E-state index contributed by atoms with van der Waals surface area (Å²) in [6, 6.07) is 0. The van der Waals surface area contributed by atoms with Crippen LogP contribution in [0.3, 0.4) is 0 Å². The van der Waals surface area contributed by atoms with Gasteiger partial charge in [0.05, 0.1) is 6.16 Å². The first kappa shape index (κ1) is 17.5. The van der Waals surface area contributed by atoms with Crippen molar-refractivity contribution in [3.8, 4) is 0 Å². The van der Waals surface area contributed by atoms with Crippen LogP contribution in [0.1, 0.15) is 57.8 Å². The van der Waals surface area contributed by atoms with E-state index in [1.807, 2.05) is 0 Å². The van der Waals surface area contributed by atoms with Gasteiger partial charge in [0, 0.05) is 0 Å². The molecule has 0 aliphatic heterocycles. The molecular weight excluding hydrogens is 259 g/mol. The fourth-order valence-electron chi connectivity index (χ4n) is 1.70. The molecule has 0 aliphatic carbocycles. The average Bonchev–Trinajstić information content (AvgIpc) is 2.31. The molecule has 1 atom stereocenters. The number of unbranched alkanes of at least 4 members (excludes halogenated alkanes) is 8. The van der Waals surface area contributed by atoms with Crippen molar-refractivity contribution in [2.45, 2.75) is 57.8 Å². The minimum atomic E-state index is -3.70. The SMILES string of the molecule is O=P(O)(CCCCCCCCCCCS)OO. The summed E-state index contributed by atoms with van der Waals surface area (Å²) in [5, 5.41) is 8.12. The molecule has 0 spiro atoms. The highest BCUT2D eigenvalue weighted by Gasteiger charge is 2.17. The molecule has 0 heterocycles. The maximum Gasteiger partial charge on any atom is 0.355 e. The normalized spacial score (nSPS) is 14.8. The van der Waals surface area contributed by atoms with Crippen molar-refractivity contribution < 1.29 is 19.4 Å². The molecule has 1 unspecified atom stereocenters. The van der Waals surface area contributed by atoms with Gasteiger partial charge in [0.15, 0.2) is 0 Å². The van der Waals surface area contributed by atoms with E-state index in [4.69, 9.17) is 10.2 Å². The molecule has 0 bridgehead atoms. The Morgan fingerprint density at radius 3 is 1.71 bits per heavy atom. The van der Waals surface area contributed by atoms with Gasteiger partial charge in [-0.25, -0.2) is 5.26 Å². The Hall–Kier alpha value is 0.460. The van der Waals surface area contributed by atoms with E-state index in [0.717, 1.165) is 18.6 Å². The second kappa shape index (κ2) is 11.5. The van der Waals surface area contributed by atoms with Crippen LogP contribution in [0, 0.1) is 0 Å². The monoisotopic (exact) mass is 284 g/mol. The first-order valence-corrected chi connectivity index (χ1v) is 8.78. The molecule has 6 heteroatoms. The van der Waals surface area contributed by atoms with Crippen LogP contribution < -0.4 is 0 Å². The van der Waals surface area contributed by atoms with Crippen molar-refractivity contribution in [2.24, 2.45) is 0 Å². The molecule has 0 aromatic heterocycles. The van der Waals surface area contributed by atoms with Crippen molar-refractivity contribution in [2.75, 3.05) is 11.9 Å². The maximum atomic E-state index is 10.9. The largest absolute Gasteiger partial charge is 0.355 e. The van der Waals surface area contributed by atoms with E-state index in [0.29, 0.717) is 6.42 Å². The summed E-state index contributed by atoms with van der Waals surface area (Å²) in [7, 11) is -3.70. The Morgan fingerprint density at radius 1 is 0.882 bits per heavy atom. The predicted octanol–water partition coefficient (Wildman–Crippen LogP) is 4.10. The average molecular weight is 284 g/mol. The highest BCUT2D eigenvalue weighted by molar-refractivity contribution is 7.80. The predicted molar refractivity (Wildman–Crippen MR) is 73.8 cm³/mol. The summed E-state index contributed by atoms with van der Waals surface area (Å²) in [4.78, 5) is 8.92. The van der Waals surface area contributed by atoms with E-state index >= 15 is 0 Å². The smallest absolute Gasteiger partial charge is 0.323 e. The summed E-state index contributed by atoms with van der Waals surface area (Å²) in [5.74, 6) is 0.980. The number of rotatable bonds is 12. The van der Waals surface area contributed by atoms with Gasteiger partial charge in [0.25, 0.3) is 0 Å². The van der Waals surface area contributed by atoms with E-state index < -0.39 is 7.60 Å². The summed E-state index contributed by atoms with van der Waals surface area (Å²) < 4.78 is 14.4. The van der Waals surface area contributed by atoms with Gasteiger partial charge < -0.3 is 4.89 Å². The Bertz CT molecular complexity index is 214. The fraction of sp³-hybridized carbons (Fsp3) is 1.00. The highest BCUT2D eigenvalue weighted by atomic mass is 32.1. The summed E-state index contributed by atoms with van der Waals surface area (Å²) in [5.41, 5.74) is 0. The van der Waals surface area contributed by atoms with E-state index in [9.17, 15) is 4.57 Å². The quantitative estimate of drug-likeness (QED) is 0.166. The van der Waals surface area contributed by atoms with Crippen LogP contribution in [0.4, 0.5) is 0 Å². The fourth-order valence-corrected chi connectivity index (χ4v) is 2.63. The van der Waals surface area contributed by atoms with Crippen molar-refractivity contribution in [3.63, 3.8) is 0 Å². The molecule has 4 nitrogen and oxygen atoms in total. The van der Waals surface area contributed by atoms with E-state index in [-0.39, 0.29) is 6.16 Å². The van der Waals surface area contributed by atoms with Gasteiger partial charge in [0.1, 0.15) is 0 Å². The van der Waals surface area contributed by atoms with Gasteiger partial charge in [0.2, 0.25) is 0 Å². The molecule has 0 saturated carbocycles. The lowest BCUT2D eigenvalue weighted by molar-refractivity contribution is -0.145. The van der Waals surface area contributed by atoms with Crippen LogP contribution in [0.2, 0.25) is 0 Å². The first-order chi connectivity index (χ1) is 8.12. The third kappa shape index (κ3) is 12.7. The third-order valence-electron chi connectivity index (χ3n) is 2.73. The topological polar surface area (TPSA) is 66.8 Å². The first-order valence-electron chi connectivity index (χ1n) is 6.38. The summed E-state index contributed by atoms with van der Waals surface area (Å²) >= 11 is 4.16. The van der Waals surface area contributed by atoms with Gasteiger partial charge >= 0.3 is 7.60 Å². The Balaban J connectivity index is 3.11. The minimum absolute atomic E-state index is 0.0471. The second-order valence-electron chi connectivity index (χ2n) is 4.35. The van der Waals surface area contributed by atoms with Crippen LogP contribution in [0.5, 0.6) is 0 Å². The van der Waals surface area contributed by atoms with Gasteiger partial charge in [-0.1, -0.05) is 44.9 Å². The molecular formula is C11H25O4PS. The van der Waals surface area contributed by atoms with Crippen molar-refractivity contribution in [1.29, 1.82) is 0 Å². The molecule has 17 heavy (non-hydrogen) atoms. The zero-order valence-electron chi connectivity index (χ0n) is 10.4. The Kier molecular flexibility index (Phi) is 11.9. The molecule has 104 valence electrons. The van der Waals surface area contributed by atoms with Crippen molar-refractivity contribution in [3.05, 3.63) is 0 Å². The molecule has 0 aromatic rings. The van der Waals surface area contributed by atoms with E-state index in [2.05, 4.69) is 17.3 Å².